The molecular weight excluding hydrogens is 267 g/mol. The second kappa shape index (κ2) is 6.06. The fourth-order valence-corrected chi connectivity index (χ4v) is 1.73. The van der Waals surface area contributed by atoms with Gasteiger partial charge in [-0.05, 0) is 31.5 Å². The Morgan fingerprint density at radius 1 is 1.42 bits per heavy atom. The number of hydrogen-bond donors (Lipinski definition) is 0. The monoisotopic (exact) mass is 282 g/mol. The molecule has 0 aliphatic heterocycles. The molecule has 1 aromatic heterocycles. The van der Waals surface area contributed by atoms with E-state index >= 15 is 0 Å². The number of ether oxygens (including phenoxy) is 1. The van der Waals surface area contributed by atoms with Gasteiger partial charge in [0.25, 0.3) is 0 Å². The fraction of sp³-hybridized carbons (Fsp3) is 0.357. The van der Waals surface area contributed by atoms with Crippen molar-refractivity contribution >= 4 is 11.6 Å². The molecule has 0 amide bonds. The minimum absolute atomic E-state index is 0.0911. The highest BCUT2D eigenvalue weighted by Crippen LogP contribution is 2.21. The van der Waals surface area contributed by atoms with Crippen molar-refractivity contribution in [2.24, 2.45) is 0 Å². The summed E-state index contributed by atoms with van der Waals surface area (Å²) in [5.74, 6) is -0.0377. The SMILES string of the molecule is CCC(C)n1ccc(COc2ccc(Cl)c(F)c2)n1. The van der Waals surface area contributed by atoms with Crippen LogP contribution in [0.5, 0.6) is 5.75 Å². The van der Waals surface area contributed by atoms with Crippen molar-refractivity contribution < 1.29 is 9.13 Å². The summed E-state index contributed by atoms with van der Waals surface area (Å²) in [5.41, 5.74) is 0.815. The van der Waals surface area contributed by atoms with E-state index in [4.69, 9.17) is 16.3 Å². The average molecular weight is 283 g/mol. The molecule has 1 atom stereocenters. The summed E-state index contributed by atoms with van der Waals surface area (Å²) in [7, 11) is 0. The second-order valence-corrected chi connectivity index (χ2v) is 4.82. The van der Waals surface area contributed by atoms with Gasteiger partial charge in [-0.1, -0.05) is 18.5 Å². The molecule has 0 aliphatic rings. The van der Waals surface area contributed by atoms with Gasteiger partial charge >= 0.3 is 0 Å². The van der Waals surface area contributed by atoms with Crippen molar-refractivity contribution in [2.45, 2.75) is 32.9 Å². The van der Waals surface area contributed by atoms with E-state index in [0.29, 0.717) is 18.4 Å². The molecule has 3 nitrogen and oxygen atoms in total. The smallest absolute Gasteiger partial charge is 0.145 e. The van der Waals surface area contributed by atoms with Gasteiger partial charge in [-0.3, -0.25) is 4.68 Å². The number of halogens is 2. The van der Waals surface area contributed by atoms with Gasteiger partial charge in [0.05, 0.1) is 10.7 Å². The van der Waals surface area contributed by atoms with E-state index in [9.17, 15) is 4.39 Å². The normalized spacial score (nSPS) is 12.4. The molecule has 0 spiro atoms. The molecule has 2 aromatic rings. The highest BCUT2D eigenvalue weighted by molar-refractivity contribution is 6.30. The summed E-state index contributed by atoms with van der Waals surface area (Å²) >= 11 is 5.61. The maximum atomic E-state index is 13.2. The lowest BCUT2D eigenvalue weighted by atomic mass is 10.3. The number of aromatic nitrogens is 2. The summed E-state index contributed by atoms with van der Waals surface area (Å²) < 4.78 is 20.6. The van der Waals surface area contributed by atoms with Gasteiger partial charge in [0.1, 0.15) is 18.2 Å². The van der Waals surface area contributed by atoms with Gasteiger partial charge in [-0.2, -0.15) is 5.10 Å². The quantitative estimate of drug-likeness (QED) is 0.821. The van der Waals surface area contributed by atoms with Gasteiger partial charge in [-0.25, -0.2) is 4.39 Å². The fourth-order valence-electron chi connectivity index (χ4n) is 1.61. The van der Waals surface area contributed by atoms with E-state index in [1.807, 2.05) is 16.9 Å². The molecule has 1 aromatic carbocycles. The maximum Gasteiger partial charge on any atom is 0.145 e. The molecule has 0 saturated heterocycles. The Kier molecular flexibility index (Phi) is 4.43. The molecule has 0 radical (unpaired) electrons. The Morgan fingerprint density at radius 2 is 2.21 bits per heavy atom. The highest BCUT2D eigenvalue weighted by atomic mass is 35.5. The van der Waals surface area contributed by atoms with Crippen LogP contribution in [-0.4, -0.2) is 9.78 Å². The molecule has 1 heterocycles. The molecular formula is C14H16ClFN2O. The first-order valence-corrected chi connectivity index (χ1v) is 6.60. The molecule has 102 valence electrons. The van der Waals surface area contributed by atoms with Gasteiger partial charge in [0, 0.05) is 18.3 Å². The van der Waals surface area contributed by atoms with E-state index < -0.39 is 5.82 Å². The van der Waals surface area contributed by atoms with Crippen LogP contribution >= 0.6 is 11.6 Å². The first-order valence-electron chi connectivity index (χ1n) is 6.22. The predicted octanol–water partition coefficient (Wildman–Crippen LogP) is 4.23. The lowest BCUT2D eigenvalue weighted by Crippen LogP contribution is -2.05. The molecule has 0 fully saturated rings. The zero-order valence-electron chi connectivity index (χ0n) is 10.9. The Bertz CT molecular complexity index is 556. The molecule has 0 saturated carbocycles. The number of rotatable bonds is 5. The van der Waals surface area contributed by atoms with Crippen LogP contribution in [0.3, 0.4) is 0 Å². The van der Waals surface area contributed by atoms with Crippen molar-refractivity contribution in [3.05, 3.63) is 47.0 Å². The van der Waals surface area contributed by atoms with Crippen molar-refractivity contribution in [1.29, 1.82) is 0 Å². The number of nitrogens with zero attached hydrogens (tertiary/aromatic N) is 2. The third-order valence-corrected chi connectivity index (χ3v) is 3.29. The summed E-state index contributed by atoms with van der Waals surface area (Å²) in [5, 5.41) is 4.50. The Hall–Kier alpha value is -1.55. The molecule has 1 unspecified atom stereocenters. The molecule has 19 heavy (non-hydrogen) atoms. The maximum absolute atomic E-state index is 13.2. The summed E-state index contributed by atoms with van der Waals surface area (Å²) in [6.07, 6.45) is 2.94. The summed E-state index contributed by atoms with van der Waals surface area (Å²) in [6.45, 7) is 4.52. The van der Waals surface area contributed by atoms with Crippen molar-refractivity contribution in [3.63, 3.8) is 0 Å². The highest BCUT2D eigenvalue weighted by Gasteiger charge is 2.06. The lowest BCUT2D eigenvalue weighted by molar-refractivity contribution is 0.296. The molecule has 0 aliphatic carbocycles. The number of benzene rings is 1. The predicted molar refractivity (Wildman–Crippen MR) is 73.0 cm³/mol. The third-order valence-electron chi connectivity index (χ3n) is 2.98. The van der Waals surface area contributed by atoms with Crippen LogP contribution < -0.4 is 4.74 Å². The van der Waals surface area contributed by atoms with Gasteiger partial charge < -0.3 is 4.74 Å². The van der Waals surface area contributed by atoms with Crippen LogP contribution in [0.25, 0.3) is 0 Å². The minimum Gasteiger partial charge on any atom is -0.487 e. The summed E-state index contributed by atoms with van der Waals surface area (Å²) in [6, 6.07) is 6.65. The van der Waals surface area contributed by atoms with Crippen LogP contribution in [-0.2, 0) is 6.61 Å². The van der Waals surface area contributed by atoms with Crippen LogP contribution in [0.2, 0.25) is 5.02 Å². The Morgan fingerprint density at radius 3 is 2.89 bits per heavy atom. The standard InChI is InChI=1S/C14H16ClFN2O/c1-3-10(2)18-7-6-11(17-18)9-19-12-4-5-13(15)14(16)8-12/h4-8,10H,3,9H2,1-2H3. The largest absolute Gasteiger partial charge is 0.487 e. The van der Waals surface area contributed by atoms with Crippen LogP contribution in [0.15, 0.2) is 30.5 Å². The molecule has 0 N–H and O–H groups in total. The van der Waals surface area contributed by atoms with Crippen molar-refractivity contribution in [1.82, 2.24) is 9.78 Å². The Balaban J connectivity index is 1.98. The van der Waals surface area contributed by atoms with Gasteiger partial charge in [0.15, 0.2) is 0 Å². The van der Waals surface area contributed by atoms with Gasteiger partial charge in [0.2, 0.25) is 0 Å². The molecule has 2 rings (SSSR count). The van der Waals surface area contributed by atoms with Crippen molar-refractivity contribution in [2.75, 3.05) is 0 Å². The van der Waals surface area contributed by atoms with Crippen molar-refractivity contribution in [3.8, 4) is 5.75 Å². The second-order valence-electron chi connectivity index (χ2n) is 4.41. The Labute approximate surface area is 117 Å². The zero-order valence-corrected chi connectivity index (χ0v) is 11.7. The van der Waals surface area contributed by atoms with Crippen LogP contribution in [0.1, 0.15) is 32.0 Å². The van der Waals surface area contributed by atoms with Crippen LogP contribution in [0, 0.1) is 5.82 Å². The van der Waals surface area contributed by atoms with Crippen LogP contribution in [0.4, 0.5) is 4.39 Å². The van der Waals surface area contributed by atoms with E-state index in [1.165, 1.54) is 12.1 Å². The first-order chi connectivity index (χ1) is 9.10. The van der Waals surface area contributed by atoms with E-state index in [0.717, 1.165) is 12.1 Å². The average Bonchev–Trinajstić information content (AvgIpc) is 2.88. The molecule has 5 heteroatoms. The topological polar surface area (TPSA) is 27.1 Å². The minimum atomic E-state index is -0.482. The van der Waals surface area contributed by atoms with E-state index in [-0.39, 0.29) is 5.02 Å². The third kappa shape index (κ3) is 3.47. The lowest BCUT2D eigenvalue weighted by Gasteiger charge is -2.08. The van der Waals surface area contributed by atoms with Gasteiger partial charge in [-0.15, -0.1) is 0 Å². The number of hydrogen-bond acceptors (Lipinski definition) is 2. The first kappa shape index (κ1) is 13.9. The molecule has 0 bridgehead atoms. The van der Waals surface area contributed by atoms with E-state index in [2.05, 4.69) is 18.9 Å². The van der Waals surface area contributed by atoms with E-state index in [1.54, 1.807) is 6.07 Å². The zero-order chi connectivity index (χ0) is 13.8. The summed E-state index contributed by atoms with van der Waals surface area (Å²) in [4.78, 5) is 0.